The number of fused-ring (bicyclic) bond motifs is 1. The summed E-state index contributed by atoms with van der Waals surface area (Å²) in [4.78, 5) is 22.6. The van der Waals surface area contributed by atoms with Crippen LogP contribution in [0.1, 0.15) is 31.2 Å². The topological polar surface area (TPSA) is 61.0 Å². The highest BCUT2D eigenvalue weighted by atomic mass is 16.2. The SMILES string of the molecule is O=C(Cc1c[nH]c2ncccc12)N1CCCCC1C1CCNC1. The van der Waals surface area contributed by atoms with Gasteiger partial charge in [0.1, 0.15) is 5.65 Å². The normalized spacial score (nSPS) is 25.1. The van der Waals surface area contributed by atoms with Gasteiger partial charge < -0.3 is 15.2 Å². The molecule has 0 aliphatic carbocycles. The third-order valence-electron chi connectivity index (χ3n) is 5.39. The molecule has 122 valence electrons. The fraction of sp³-hybridized carbons (Fsp3) is 0.556. The molecule has 2 N–H and O–H groups in total. The molecule has 2 aromatic heterocycles. The number of carbonyl (C=O) groups excluding carboxylic acids is 1. The van der Waals surface area contributed by atoms with E-state index >= 15 is 0 Å². The molecule has 0 spiro atoms. The molecule has 2 aromatic rings. The minimum atomic E-state index is 0.270. The van der Waals surface area contributed by atoms with E-state index in [1.54, 1.807) is 6.20 Å². The van der Waals surface area contributed by atoms with Crippen LogP contribution in [0.3, 0.4) is 0 Å². The van der Waals surface area contributed by atoms with Gasteiger partial charge in [0.15, 0.2) is 0 Å². The van der Waals surface area contributed by atoms with Gasteiger partial charge in [-0.3, -0.25) is 4.79 Å². The maximum atomic E-state index is 12.9. The second kappa shape index (κ2) is 6.32. The first-order chi connectivity index (χ1) is 11.3. The van der Waals surface area contributed by atoms with Crippen LogP contribution in [0.25, 0.3) is 11.0 Å². The molecule has 4 rings (SSSR count). The first-order valence-corrected chi connectivity index (χ1v) is 8.74. The van der Waals surface area contributed by atoms with Crippen LogP contribution in [-0.4, -0.2) is 46.5 Å². The Kier molecular flexibility index (Phi) is 4.04. The standard InChI is InChI=1S/C18H24N4O/c23-17(10-14-12-21-18-15(14)4-3-7-20-18)22-9-2-1-5-16(22)13-6-8-19-11-13/h3-4,7,12-13,16,19H,1-2,5-6,8-11H2,(H,20,21). The Hall–Kier alpha value is -1.88. The number of nitrogens with one attached hydrogen (secondary N) is 2. The van der Waals surface area contributed by atoms with Gasteiger partial charge in [-0.1, -0.05) is 0 Å². The van der Waals surface area contributed by atoms with Crippen molar-refractivity contribution in [3.63, 3.8) is 0 Å². The number of likely N-dealkylation sites (tertiary alicyclic amines) is 1. The van der Waals surface area contributed by atoms with Gasteiger partial charge in [0, 0.05) is 30.4 Å². The number of hydrogen-bond acceptors (Lipinski definition) is 3. The van der Waals surface area contributed by atoms with Gasteiger partial charge in [-0.15, -0.1) is 0 Å². The molecule has 0 aromatic carbocycles. The molecule has 0 saturated carbocycles. The van der Waals surface area contributed by atoms with E-state index in [2.05, 4.69) is 20.2 Å². The second-order valence-electron chi connectivity index (χ2n) is 6.79. The molecule has 2 aliphatic rings. The van der Waals surface area contributed by atoms with Gasteiger partial charge in [0.05, 0.1) is 6.42 Å². The van der Waals surface area contributed by atoms with Crippen LogP contribution in [-0.2, 0) is 11.2 Å². The lowest BCUT2D eigenvalue weighted by atomic mass is 9.89. The molecule has 5 heteroatoms. The number of H-pyrrole nitrogens is 1. The van der Waals surface area contributed by atoms with Crippen LogP contribution >= 0.6 is 0 Å². The van der Waals surface area contributed by atoms with Crippen molar-refractivity contribution in [3.05, 3.63) is 30.1 Å². The van der Waals surface area contributed by atoms with E-state index in [4.69, 9.17) is 0 Å². The third kappa shape index (κ3) is 2.85. The van der Waals surface area contributed by atoms with Crippen molar-refractivity contribution in [2.75, 3.05) is 19.6 Å². The van der Waals surface area contributed by atoms with Crippen LogP contribution in [0.5, 0.6) is 0 Å². The second-order valence-corrected chi connectivity index (χ2v) is 6.79. The Morgan fingerprint density at radius 1 is 1.35 bits per heavy atom. The molecule has 2 fully saturated rings. The fourth-order valence-corrected chi connectivity index (χ4v) is 4.19. The number of pyridine rings is 1. The molecule has 23 heavy (non-hydrogen) atoms. The molecule has 4 heterocycles. The average molecular weight is 312 g/mol. The summed E-state index contributed by atoms with van der Waals surface area (Å²) in [5, 5.41) is 4.51. The monoisotopic (exact) mass is 312 g/mol. The first kappa shape index (κ1) is 14.7. The van der Waals surface area contributed by atoms with Crippen LogP contribution in [0.4, 0.5) is 0 Å². The van der Waals surface area contributed by atoms with Gasteiger partial charge in [0.2, 0.25) is 5.91 Å². The number of piperidine rings is 1. The van der Waals surface area contributed by atoms with E-state index in [1.165, 1.54) is 12.8 Å². The Bertz CT molecular complexity index is 689. The summed E-state index contributed by atoms with van der Waals surface area (Å²) in [6.45, 7) is 3.07. The highest BCUT2D eigenvalue weighted by molar-refractivity contribution is 5.87. The van der Waals surface area contributed by atoms with Crippen molar-refractivity contribution in [3.8, 4) is 0 Å². The van der Waals surface area contributed by atoms with Crippen molar-refractivity contribution >= 4 is 16.9 Å². The lowest BCUT2D eigenvalue weighted by Gasteiger charge is -2.39. The smallest absolute Gasteiger partial charge is 0.227 e. The Morgan fingerprint density at radius 2 is 2.30 bits per heavy atom. The largest absolute Gasteiger partial charge is 0.346 e. The zero-order valence-electron chi connectivity index (χ0n) is 13.4. The molecule has 2 atom stereocenters. The molecular weight excluding hydrogens is 288 g/mol. The summed E-state index contributed by atoms with van der Waals surface area (Å²) in [6.07, 6.45) is 8.94. The molecule has 1 amide bonds. The van der Waals surface area contributed by atoms with Crippen LogP contribution < -0.4 is 5.32 Å². The summed E-state index contributed by atoms with van der Waals surface area (Å²) < 4.78 is 0. The zero-order valence-corrected chi connectivity index (χ0v) is 13.4. The van der Waals surface area contributed by atoms with Crippen molar-refractivity contribution in [2.24, 2.45) is 5.92 Å². The zero-order chi connectivity index (χ0) is 15.6. The summed E-state index contributed by atoms with van der Waals surface area (Å²) in [6, 6.07) is 4.39. The maximum Gasteiger partial charge on any atom is 0.227 e. The van der Waals surface area contributed by atoms with Crippen LogP contribution in [0, 0.1) is 5.92 Å². The maximum absolute atomic E-state index is 12.9. The minimum Gasteiger partial charge on any atom is -0.346 e. The van der Waals surface area contributed by atoms with Crippen molar-refractivity contribution in [1.29, 1.82) is 0 Å². The molecule has 2 unspecified atom stereocenters. The van der Waals surface area contributed by atoms with Crippen molar-refractivity contribution < 1.29 is 4.79 Å². The minimum absolute atomic E-state index is 0.270. The van der Waals surface area contributed by atoms with Gasteiger partial charge in [-0.25, -0.2) is 4.98 Å². The lowest BCUT2D eigenvalue weighted by Crippen LogP contribution is -2.48. The predicted molar refractivity (Wildman–Crippen MR) is 90.1 cm³/mol. The van der Waals surface area contributed by atoms with Crippen LogP contribution in [0.2, 0.25) is 0 Å². The summed E-state index contributed by atoms with van der Waals surface area (Å²) >= 11 is 0. The number of aromatic nitrogens is 2. The number of carbonyl (C=O) groups is 1. The molecule has 5 nitrogen and oxygen atoms in total. The molecule has 2 saturated heterocycles. The highest BCUT2D eigenvalue weighted by Gasteiger charge is 2.34. The molecule has 0 bridgehead atoms. The van der Waals surface area contributed by atoms with E-state index in [-0.39, 0.29) is 5.91 Å². The summed E-state index contributed by atoms with van der Waals surface area (Å²) in [5.41, 5.74) is 1.93. The molecule has 2 aliphatic heterocycles. The Morgan fingerprint density at radius 3 is 3.17 bits per heavy atom. The fourth-order valence-electron chi connectivity index (χ4n) is 4.19. The van der Waals surface area contributed by atoms with Crippen LogP contribution in [0.15, 0.2) is 24.5 Å². The van der Waals surface area contributed by atoms with Gasteiger partial charge in [0.25, 0.3) is 0 Å². The summed E-state index contributed by atoms with van der Waals surface area (Å²) in [7, 11) is 0. The van der Waals surface area contributed by atoms with E-state index in [1.807, 2.05) is 18.3 Å². The number of nitrogens with zero attached hydrogens (tertiary/aromatic N) is 2. The Balaban J connectivity index is 1.52. The third-order valence-corrected chi connectivity index (χ3v) is 5.39. The number of amides is 1. The van der Waals surface area contributed by atoms with Gasteiger partial charge in [-0.05, 0) is 62.4 Å². The van der Waals surface area contributed by atoms with Gasteiger partial charge in [-0.2, -0.15) is 0 Å². The summed E-state index contributed by atoms with van der Waals surface area (Å²) in [5.74, 6) is 0.898. The number of rotatable bonds is 3. The molecular formula is C18H24N4O. The quantitative estimate of drug-likeness (QED) is 0.912. The first-order valence-electron chi connectivity index (χ1n) is 8.74. The predicted octanol–water partition coefficient (Wildman–Crippen LogP) is 2.10. The number of aromatic amines is 1. The van der Waals surface area contributed by atoms with E-state index < -0.39 is 0 Å². The van der Waals surface area contributed by atoms with E-state index in [0.717, 1.165) is 49.1 Å². The van der Waals surface area contributed by atoms with E-state index in [9.17, 15) is 4.79 Å². The number of hydrogen-bond donors (Lipinski definition) is 2. The van der Waals surface area contributed by atoms with E-state index in [0.29, 0.717) is 18.4 Å². The van der Waals surface area contributed by atoms with Crippen molar-refractivity contribution in [2.45, 2.75) is 38.1 Å². The Labute approximate surface area is 136 Å². The van der Waals surface area contributed by atoms with Gasteiger partial charge >= 0.3 is 0 Å². The lowest BCUT2D eigenvalue weighted by molar-refractivity contribution is -0.135. The molecule has 0 radical (unpaired) electrons. The average Bonchev–Trinajstić information content (AvgIpc) is 3.25. The highest BCUT2D eigenvalue weighted by Crippen LogP contribution is 2.28. The van der Waals surface area contributed by atoms with Crippen molar-refractivity contribution in [1.82, 2.24) is 20.2 Å².